The van der Waals surface area contributed by atoms with Crippen LogP contribution in [-0.2, 0) is 6.54 Å². The number of nitrogens with one attached hydrogen (secondary N) is 1. The second-order valence-corrected chi connectivity index (χ2v) is 3.96. The van der Waals surface area contributed by atoms with Crippen LogP contribution >= 0.6 is 0 Å². The van der Waals surface area contributed by atoms with Gasteiger partial charge in [-0.1, -0.05) is 6.07 Å². The minimum Gasteiger partial charge on any atom is -0.350 e. The number of hydrogen-bond donors (Lipinski definition) is 1. The Morgan fingerprint density at radius 1 is 1.25 bits per heavy atom. The van der Waals surface area contributed by atoms with Gasteiger partial charge in [0.2, 0.25) is 0 Å². The normalized spacial score (nSPS) is 10.3. The number of carbonyl (C=O) groups is 1. The molecule has 1 heterocycles. The summed E-state index contributed by atoms with van der Waals surface area (Å²) in [4.78, 5) is 26.8. The minimum atomic E-state index is -0.930. The van der Waals surface area contributed by atoms with Crippen molar-refractivity contribution in [3.05, 3.63) is 64.3 Å². The third-order valence-electron chi connectivity index (χ3n) is 2.62. The molecule has 1 aromatic carbocycles. The monoisotopic (exact) mass is 279 g/mol. The summed E-state index contributed by atoms with van der Waals surface area (Å²) >= 11 is 0. The lowest BCUT2D eigenvalue weighted by Gasteiger charge is -2.08. The fourth-order valence-electron chi connectivity index (χ4n) is 1.64. The van der Waals surface area contributed by atoms with E-state index in [0.717, 1.165) is 12.1 Å². The van der Waals surface area contributed by atoms with Gasteiger partial charge in [-0.15, -0.1) is 0 Å². The van der Waals surface area contributed by atoms with Crippen LogP contribution in [0.15, 0.2) is 41.6 Å². The average molecular weight is 279 g/mol. The van der Waals surface area contributed by atoms with Crippen LogP contribution in [0.1, 0.15) is 10.4 Å². The topological polar surface area (TPSA) is 64.0 Å². The van der Waals surface area contributed by atoms with Gasteiger partial charge in [0.25, 0.3) is 11.5 Å². The zero-order valence-corrected chi connectivity index (χ0v) is 10.3. The van der Waals surface area contributed by atoms with Crippen molar-refractivity contribution in [3.8, 4) is 0 Å². The summed E-state index contributed by atoms with van der Waals surface area (Å²) in [5.41, 5.74) is -0.905. The molecule has 0 atom stereocenters. The molecule has 7 heteroatoms. The van der Waals surface area contributed by atoms with Crippen LogP contribution in [0.3, 0.4) is 0 Å². The molecule has 2 rings (SSSR count). The van der Waals surface area contributed by atoms with E-state index in [1.165, 1.54) is 29.2 Å². The summed E-state index contributed by atoms with van der Waals surface area (Å²) in [6.07, 6.45) is 2.67. The standard InChI is InChI=1S/C13H11F2N3O2/c14-9-2-1-3-10(15)12(9)13(20)17-6-7-18-8-16-5-4-11(18)19/h1-5,8H,6-7H2,(H,17,20). The Hall–Kier alpha value is -2.57. The smallest absolute Gasteiger partial charge is 0.257 e. The highest BCUT2D eigenvalue weighted by Crippen LogP contribution is 2.11. The number of rotatable bonds is 4. The average Bonchev–Trinajstić information content (AvgIpc) is 2.41. The Labute approximate surface area is 112 Å². The molecule has 0 bridgehead atoms. The molecule has 0 spiro atoms. The molecule has 1 aromatic heterocycles. The summed E-state index contributed by atoms with van der Waals surface area (Å²) in [6, 6.07) is 4.46. The molecule has 0 saturated carbocycles. The molecule has 2 aromatic rings. The SMILES string of the molecule is O=C(NCCn1cnccc1=O)c1c(F)cccc1F. The van der Waals surface area contributed by atoms with Crippen molar-refractivity contribution in [2.24, 2.45) is 0 Å². The minimum absolute atomic E-state index is 0.0538. The molecule has 1 N–H and O–H groups in total. The van der Waals surface area contributed by atoms with E-state index in [4.69, 9.17) is 0 Å². The molecule has 1 amide bonds. The number of halogens is 2. The van der Waals surface area contributed by atoms with E-state index in [1.807, 2.05) is 0 Å². The first-order valence-electron chi connectivity index (χ1n) is 5.82. The van der Waals surface area contributed by atoms with Crippen LogP contribution in [0, 0.1) is 11.6 Å². The summed E-state index contributed by atoms with van der Waals surface area (Å²) < 4.78 is 28.0. The van der Waals surface area contributed by atoms with E-state index in [2.05, 4.69) is 10.3 Å². The molecule has 0 saturated heterocycles. The number of nitrogens with zero attached hydrogens (tertiary/aromatic N) is 2. The fraction of sp³-hybridized carbons (Fsp3) is 0.154. The third kappa shape index (κ3) is 3.05. The fourth-order valence-corrected chi connectivity index (χ4v) is 1.64. The van der Waals surface area contributed by atoms with E-state index in [0.29, 0.717) is 0 Å². The molecule has 5 nitrogen and oxygen atoms in total. The molecule has 0 aliphatic rings. The Morgan fingerprint density at radius 2 is 1.95 bits per heavy atom. The highest BCUT2D eigenvalue weighted by Gasteiger charge is 2.16. The molecule has 0 aliphatic carbocycles. The highest BCUT2D eigenvalue weighted by atomic mass is 19.1. The van der Waals surface area contributed by atoms with Crippen LogP contribution < -0.4 is 10.9 Å². The van der Waals surface area contributed by atoms with Gasteiger partial charge in [0, 0.05) is 25.4 Å². The van der Waals surface area contributed by atoms with Crippen LogP contribution in [-0.4, -0.2) is 22.0 Å². The Morgan fingerprint density at radius 3 is 2.60 bits per heavy atom. The quantitative estimate of drug-likeness (QED) is 0.906. The first kappa shape index (κ1) is 13.9. The van der Waals surface area contributed by atoms with E-state index in [9.17, 15) is 18.4 Å². The van der Waals surface area contributed by atoms with E-state index in [-0.39, 0.29) is 18.6 Å². The zero-order chi connectivity index (χ0) is 14.5. The molecule has 0 unspecified atom stereocenters. The predicted molar refractivity (Wildman–Crippen MR) is 67.2 cm³/mol. The van der Waals surface area contributed by atoms with E-state index >= 15 is 0 Å². The van der Waals surface area contributed by atoms with Crippen molar-refractivity contribution in [1.82, 2.24) is 14.9 Å². The summed E-state index contributed by atoms with van der Waals surface area (Å²) in [7, 11) is 0. The first-order chi connectivity index (χ1) is 9.59. The van der Waals surface area contributed by atoms with Crippen molar-refractivity contribution < 1.29 is 13.6 Å². The molecular formula is C13H11F2N3O2. The number of amides is 1. The Kier molecular flexibility index (Phi) is 4.19. The first-order valence-corrected chi connectivity index (χ1v) is 5.82. The molecule has 0 fully saturated rings. The van der Waals surface area contributed by atoms with Crippen molar-refractivity contribution in [1.29, 1.82) is 0 Å². The number of benzene rings is 1. The largest absolute Gasteiger partial charge is 0.350 e. The maximum atomic E-state index is 13.3. The van der Waals surface area contributed by atoms with Gasteiger partial charge in [-0.25, -0.2) is 13.8 Å². The second kappa shape index (κ2) is 6.05. The highest BCUT2D eigenvalue weighted by molar-refractivity contribution is 5.94. The van der Waals surface area contributed by atoms with E-state index in [1.54, 1.807) is 0 Å². The molecule has 0 aliphatic heterocycles. The van der Waals surface area contributed by atoms with Gasteiger partial charge >= 0.3 is 0 Å². The van der Waals surface area contributed by atoms with Crippen molar-refractivity contribution in [2.75, 3.05) is 6.54 Å². The van der Waals surface area contributed by atoms with Gasteiger partial charge < -0.3 is 5.32 Å². The molecule has 0 radical (unpaired) electrons. The zero-order valence-electron chi connectivity index (χ0n) is 10.3. The molecular weight excluding hydrogens is 268 g/mol. The van der Waals surface area contributed by atoms with Crippen molar-refractivity contribution >= 4 is 5.91 Å². The van der Waals surface area contributed by atoms with Crippen LogP contribution in [0.5, 0.6) is 0 Å². The van der Waals surface area contributed by atoms with Gasteiger partial charge in [0.05, 0.1) is 6.33 Å². The molecule has 20 heavy (non-hydrogen) atoms. The van der Waals surface area contributed by atoms with Gasteiger partial charge in [0.1, 0.15) is 17.2 Å². The lowest BCUT2D eigenvalue weighted by molar-refractivity contribution is 0.0943. The maximum absolute atomic E-state index is 13.3. The summed E-state index contributed by atoms with van der Waals surface area (Å²) in [5.74, 6) is -2.72. The summed E-state index contributed by atoms with van der Waals surface area (Å²) in [6.45, 7) is 0.215. The second-order valence-electron chi connectivity index (χ2n) is 3.96. The van der Waals surface area contributed by atoms with Crippen LogP contribution in [0.25, 0.3) is 0 Å². The van der Waals surface area contributed by atoms with Gasteiger partial charge in [-0.3, -0.25) is 14.2 Å². The molecule has 104 valence electrons. The van der Waals surface area contributed by atoms with E-state index < -0.39 is 23.1 Å². The van der Waals surface area contributed by atoms with Crippen LogP contribution in [0.2, 0.25) is 0 Å². The Bertz CT molecular complexity index is 665. The van der Waals surface area contributed by atoms with Crippen LogP contribution in [0.4, 0.5) is 8.78 Å². The maximum Gasteiger partial charge on any atom is 0.257 e. The van der Waals surface area contributed by atoms with Crippen molar-refractivity contribution in [2.45, 2.75) is 6.54 Å². The number of hydrogen-bond acceptors (Lipinski definition) is 3. The van der Waals surface area contributed by atoms with Gasteiger partial charge in [-0.2, -0.15) is 0 Å². The lowest BCUT2D eigenvalue weighted by atomic mass is 10.2. The Balaban J connectivity index is 2.00. The third-order valence-corrected chi connectivity index (χ3v) is 2.62. The predicted octanol–water partition coefficient (Wildman–Crippen LogP) is 0.951. The van der Waals surface area contributed by atoms with Gasteiger partial charge in [0.15, 0.2) is 0 Å². The van der Waals surface area contributed by atoms with Gasteiger partial charge in [-0.05, 0) is 12.1 Å². The number of carbonyl (C=O) groups excluding carboxylic acids is 1. The summed E-state index contributed by atoms with van der Waals surface area (Å²) in [5, 5.41) is 2.35. The van der Waals surface area contributed by atoms with Crippen molar-refractivity contribution in [3.63, 3.8) is 0 Å². The lowest BCUT2D eigenvalue weighted by Crippen LogP contribution is -2.31. The number of aromatic nitrogens is 2.